The third kappa shape index (κ3) is 2.34. The van der Waals surface area contributed by atoms with Crippen LogP contribution in [-0.4, -0.2) is 26.5 Å². The molecule has 0 aliphatic carbocycles. The second-order valence-corrected chi connectivity index (χ2v) is 5.27. The van der Waals surface area contributed by atoms with Crippen LogP contribution in [0, 0.1) is 0 Å². The average Bonchev–Trinajstić information content (AvgIpc) is 2.58. The van der Waals surface area contributed by atoms with Crippen molar-refractivity contribution in [2.45, 2.75) is 11.8 Å². The third-order valence-electron chi connectivity index (χ3n) is 2.43. The van der Waals surface area contributed by atoms with E-state index in [1.165, 1.54) is 17.1 Å². The van der Waals surface area contributed by atoms with Gasteiger partial charge in [-0.3, -0.25) is 9.80 Å². The monoisotopic (exact) mass is 253 g/mol. The lowest BCUT2D eigenvalue weighted by atomic mass is 10.3. The molecule has 0 aromatic heterocycles. The molecule has 1 aliphatic heterocycles. The second kappa shape index (κ2) is 3.94. The lowest BCUT2D eigenvalue weighted by Gasteiger charge is -2.12. The van der Waals surface area contributed by atoms with E-state index in [4.69, 9.17) is 5.14 Å². The molecule has 0 saturated carbocycles. The van der Waals surface area contributed by atoms with Gasteiger partial charge in [-0.15, -0.1) is 0 Å². The van der Waals surface area contributed by atoms with E-state index in [0.717, 1.165) is 0 Å². The van der Waals surface area contributed by atoms with Crippen LogP contribution in [-0.2, 0) is 14.8 Å². The standard InChI is InChI=1S/C10H11N3O3S/c1-7-10(14)6-13(12-7)8-2-4-9(5-3-8)17(11,15)16/h2-5H,6H2,1H3,(H2,11,15,16). The quantitative estimate of drug-likeness (QED) is 0.808. The van der Waals surface area contributed by atoms with Gasteiger partial charge in [-0.1, -0.05) is 0 Å². The van der Waals surface area contributed by atoms with E-state index in [1.54, 1.807) is 19.1 Å². The molecule has 0 bridgehead atoms. The van der Waals surface area contributed by atoms with E-state index in [9.17, 15) is 13.2 Å². The highest BCUT2D eigenvalue weighted by atomic mass is 32.2. The van der Waals surface area contributed by atoms with Crippen molar-refractivity contribution in [3.8, 4) is 0 Å². The molecule has 6 nitrogen and oxygen atoms in total. The van der Waals surface area contributed by atoms with Crippen LogP contribution in [0.1, 0.15) is 6.92 Å². The molecular weight excluding hydrogens is 242 g/mol. The fourth-order valence-corrected chi connectivity index (χ4v) is 1.99. The van der Waals surface area contributed by atoms with E-state index in [-0.39, 0.29) is 17.2 Å². The molecule has 1 aromatic rings. The van der Waals surface area contributed by atoms with Crippen molar-refractivity contribution in [2.24, 2.45) is 10.2 Å². The molecule has 90 valence electrons. The first kappa shape index (κ1) is 11.7. The minimum Gasteiger partial charge on any atom is -0.291 e. The Morgan fingerprint density at radius 2 is 1.88 bits per heavy atom. The SMILES string of the molecule is CC1=NN(c2ccc(S(N)(=O)=O)cc2)CC1=O. The number of carbonyl (C=O) groups is 1. The van der Waals surface area contributed by atoms with Gasteiger partial charge in [-0.2, -0.15) is 5.10 Å². The van der Waals surface area contributed by atoms with Crippen LogP contribution < -0.4 is 10.1 Å². The van der Waals surface area contributed by atoms with Crippen molar-refractivity contribution < 1.29 is 13.2 Å². The Kier molecular flexibility index (Phi) is 2.72. The number of carbonyl (C=O) groups excluding carboxylic acids is 1. The van der Waals surface area contributed by atoms with Crippen LogP contribution in [0.3, 0.4) is 0 Å². The van der Waals surface area contributed by atoms with E-state index >= 15 is 0 Å². The minimum atomic E-state index is -3.69. The van der Waals surface area contributed by atoms with Crippen molar-refractivity contribution in [1.82, 2.24) is 0 Å². The van der Waals surface area contributed by atoms with E-state index in [1.807, 2.05) is 0 Å². The summed E-state index contributed by atoms with van der Waals surface area (Å²) in [6, 6.07) is 5.90. The number of primary sulfonamides is 1. The largest absolute Gasteiger partial charge is 0.291 e. The van der Waals surface area contributed by atoms with E-state index in [2.05, 4.69) is 5.10 Å². The molecule has 7 heteroatoms. The summed E-state index contributed by atoms with van der Waals surface area (Å²) >= 11 is 0. The molecule has 0 unspecified atom stereocenters. The maximum absolute atomic E-state index is 11.3. The van der Waals surface area contributed by atoms with Crippen LogP contribution >= 0.6 is 0 Å². The minimum absolute atomic E-state index is 0.0347. The highest BCUT2D eigenvalue weighted by Crippen LogP contribution is 2.20. The Labute approximate surface area is 98.8 Å². The number of hydrazone groups is 1. The Balaban J connectivity index is 2.29. The number of Topliss-reactive ketones (excluding diaryl/α,β-unsaturated/α-hetero) is 1. The van der Waals surface area contributed by atoms with E-state index < -0.39 is 10.0 Å². The average molecular weight is 253 g/mol. The van der Waals surface area contributed by atoms with Gasteiger partial charge in [-0.25, -0.2) is 13.6 Å². The Hall–Kier alpha value is -1.73. The molecule has 1 heterocycles. The highest BCUT2D eigenvalue weighted by Gasteiger charge is 2.21. The summed E-state index contributed by atoms with van der Waals surface area (Å²) in [5.74, 6) is -0.0412. The second-order valence-electron chi connectivity index (χ2n) is 3.71. The number of hydrogen-bond donors (Lipinski definition) is 1. The Morgan fingerprint density at radius 3 is 2.29 bits per heavy atom. The predicted molar refractivity (Wildman–Crippen MR) is 63.3 cm³/mol. The maximum Gasteiger partial charge on any atom is 0.238 e. The summed E-state index contributed by atoms with van der Waals surface area (Å²) < 4.78 is 22.1. The van der Waals surface area contributed by atoms with Crippen LogP contribution in [0.15, 0.2) is 34.3 Å². The molecule has 0 amide bonds. The summed E-state index contributed by atoms with van der Waals surface area (Å²) in [4.78, 5) is 11.3. The summed E-state index contributed by atoms with van der Waals surface area (Å²) in [7, 11) is -3.69. The summed E-state index contributed by atoms with van der Waals surface area (Å²) in [5, 5.41) is 10.6. The number of sulfonamides is 1. The van der Waals surface area contributed by atoms with Crippen LogP contribution in [0.4, 0.5) is 5.69 Å². The number of anilines is 1. The summed E-state index contributed by atoms with van der Waals surface area (Å²) in [6.45, 7) is 1.82. The van der Waals surface area contributed by atoms with E-state index in [0.29, 0.717) is 11.4 Å². The number of nitrogens with zero attached hydrogens (tertiary/aromatic N) is 2. The first-order valence-electron chi connectivity index (χ1n) is 4.87. The van der Waals surface area contributed by atoms with Gasteiger partial charge in [0.25, 0.3) is 0 Å². The topological polar surface area (TPSA) is 92.8 Å². The van der Waals surface area contributed by atoms with Gasteiger partial charge in [0.2, 0.25) is 10.0 Å². The van der Waals surface area contributed by atoms with Gasteiger partial charge in [-0.05, 0) is 31.2 Å². The van der Waals surface area contributed by atoms with Gasteiger partial charge < -0.3 is 0 Å². The molecule has 0 spiro atoms. The van der Waals surface area contributed by atoms with Crippen molar-refractivity contribution in [3.63, 3.8) is 0 Å². The zero-order chi connectivity index (χ0) is 12.6. The number of ketones is 1. The molecule has 1 aromatic carbocycles. The van der Waals surface area contributed by atoms with Crippen molar-refractivity contribution >= 4 is 27.2 Å². The fraction of sp³-hybridized carbons (Fsp3) is 0.200. The molecule has 0 radical (unpaired) electrons. The number of rotatable bonds is 2. The third-order valence-corrected chi connectivity index (χ3v) is 3.36. The van der Waals surface area contributed by atoms with Gasteiger partial charge in [0.1, 0.15) is 12.3 Å². The molecule has 1 aliphatic rings. The molecule has 17 heavy (non-hydrogen) atoms. The maximum atomic E-state index is 11.3. The van der Waals surface area contributed by atoms with Crippen molar-refractivity contribution in [3.05, 3.63) is 24.3 Å². The number of benzene rings is 1. The van der Waals surface area contributed by atoms with Crippen molar-refractivity contribution in [2.75, 3.05) is 11.6 Å². The van der Waals surface area contributed by atoms with Gasteiger partial charge in [0.15, 0.2) is 5.78 Å². The lowest BCUT2D eigenvalue weighted by molar-refractivity contribution is -0.111. The van der Waals surface area contributed by atoms with Gasteiger partial charge >= 0.3 is 0 Å². The predicted octanol–water partition coefficient (Wildman–Crippen LogP) is 0.0990. The number of nitrogens with two attached hydrogens (primary N) is 1. The fourth-order valence-electron chi connectivity index (χ4n) is 1.48. The number of hydrogen-bond acceptors (Lipinski definition) is 5. The molecular formula is C10H11N3O3S. The smallest absolute Gasteiger partial charge is 0.238 e. The molecule has 0 fully saturated rings. The van der Waals surface area contributed by atoms with Crippen LogP contribution in [0.2, 0.25) is 0 Å². The summed E-state index contributed by atoms with van der Waals surface area (Å²) in [5.41, 5.74) is 1.10. The Bertz CT molecular complexity index is 590. The molecule has 2 N–H and O–H groups in total. The Morgan fingerprint density at radius 1 is 1.29 bits per heavy atom. The van der Waals surface area contributed by atoms with Crippen molar-refractivity contribution in [1.29, 1.82) is 0 Å². The zero-order valence-electron chi connectivity index (χ0n) is 9.12. The molecule has 2 rings (SSSR count). The van der Waals surface area contributed by atoms with Gasteiger partial charge in [0, 0.05) is 0 Å². The van der Waals surface area contributed by atoms with Gasteiger partial charge in [0.05, 0.1) is 10.6 Å². The lowest BCUT2D eigenvalue weighted by Crippen LogP contribution is -2.18. The first-order valence-corrected chi connectivity index (χ1v) is 6.41. The molecule has 0 saturated heterocycles. The zero-order valence-corrected chi connectivity index (χ0v) is 9.94. The van der Waals surface area contributed by atoms with Crippen LogP contribution in [0.25, 0.3) is 0 Å². The van der Waals surface area contributed by atoms with Crippen LogP contribution in [0.5, 0.6) is 0 Å². The first-order chi connectivity index (χ1) is 7.88. The normalized spacial score (nSPS) is 16.2. The highest BCUT2D eigenvalue weighted by molar-refractivity contribution is 7.89. The summed E-state index contributed by atoms with van der Waals surface area (Å²) in [6.07, 6.45) is 0. The molecule has 0 atom stereocenters.